The Balaban J connectivity index is 0.000000174. The van der Waals surface area contributed by atoms with Gasteiger partial charge >= 0.3 is 0 Å². The normalized spacial score (nSPS) is 45.0. The maximum absolute atomic E-state index is 13.8. The van der Waals surface area contributed by atoms with Crippen LogP contribution in [0.2, 0.25) is 0 Å². The molecule has 2 aromatic rings. The van der Waals surface area contributed by atoms with Gasteiger partial charge in [0.2, 0.25) is 0 Å². The standard InChI is InChI=1S/2C25H37N3O4.C23H35BrO4.C23H36O4.C3H4N2.4CH4.Br2/c1-4-32-22-13-24(2)15(11-19(22)29)5-6-16-17-7-8-18(21(31)14-28-10-9-26-27-28)25(17,3)12-20(30)23(16)24;1-4-32-22-13-24(2)15(11-19(22)29)5-6-16-17-7-8-18(21(31)14-28-26-9-10-27-28)25(17,3)12-20(30)23(16)24;1-4-28-20-11-22(2)13(9-17(20)25)5-6-14-15-7-8-16(19(27)12-24)23(15,3)10-18(26)21(14)22;1-5-27-20-12-22(3)14(10-18(20)25)6-7-15-17-9-8-16(13(2)24)23(17,4)11-19(26)21(15)22;1-2-5-3-4-1;;;;;1-2/h2*9-10,15-19,22-23,29H,4-8,11-14H2,1-3H3;13-17,20-21,25H,4-12H2,1-3H3;14-18,20-21,25H,5-12H2,1-4H3;1-2H,3H2;4*1H4;/t2*15-,16-,17-,18+,19-,22-,23+,24-,25-;13-,14-,15-,16+,17-,20-,21+,22-,23-;14-,15-,16+,17-,18-,20-,21+,22-,23+;;;;;;/m0000....../s1. The van der Waals surface area contributed by atoms with E-state index in [1.54, 1.807) is 48.8 Å². The largest absolute Gasteiger partial charge is 0.390 e. The van der Waals surface area contributed by atoms with E-state index in [0.717, 1.165) is 154 Å². The molecule has 17 aliphatic rings. The number of hydrogen-bond donors (Lipinski definition) is 4. The highest BCUT2D eigenvalue weighted by atomic mass is 80.9. The van der Waals surface area contributed by atoms with Crippen LogP contribution in [-0.4, -0.2) is 196 Å². The highest BCUT2D eigenvalue weighted by Gasteiger charge is 2.71. The Hall–Kier alpha value is -3.90. The van der Waals surface area contributed by atoms with Crippen molar-refractivity contribution < 1.29 is 77.7 Å². The molecular formula is C103H165Br3N8O16. The number of aliphatic hydroxyl groups is 4. The van der Waals surface area contributed by atoms with Gasteiger partial charge in [-0.15, -0.1) is 5.10 Å². The van der Waals surface area contributed by atoms with Gasteiger partial charge in [-0.2, -0.15) is 15.0 Å². The third kappa shape index (κ3) is 19.7. The maximum Gasteiger partial charge on any atom is 0.159 e. The summed E-state index contributed by atoms with van der Waals surface area (Å²) in [5, 5.41) is 58.8. The molecule has 1 aliphatic heterocycles. The number of halogens is 3. The average Bonchev–Trinajstić information content (AvgIpc) is 1.47. The molecule has 2 aromatic heterocycles. The Bertz CT molecular complexity index is 4100. The van der Waals surface area contributed by atoms with E-state index >= 15 is 0 Å². The van der Waals surface area contributed by atoms with Crippen molar-refractivity contribution in [2.24, 2.45) is 172 Å². The third-order valence-corrected chi connectivity index (χ3v) is 39.2. The van der Waals surface area contributed by atoms with Crippen LogP contribution in [0.3, 0.4) is 0 Å². The number of ketones is 8. The van der Waals surface area contributed by atoms with Crippen molar-refractivity contribution >= 4 is 103 Å². The van der Waals surface area contributed by atoms with E-state index in [1.807, 2.05) is 27.7 Å². The van der Waals surface area contributed by atoms with Crippen LogP contribution in [0.4, 0.5) is 0 Å². The molecule has 36 atom stereocenters. The molecule has 27 heteroatoms. The zero-order valence-corrected chi connectivity index (χ0v) is 82.2. The second-order valence-electron chi connectivity index (χ2n) is 44.3. The zero-order valence-electron chi connectivity index (χ0n) is 77.5. The molecule has 0 spiro atoms. The molecule has 0 amide bonds. The van der Waals surface area contributed by atoms with Gasteiger partial charge in [0.25, 0.3) is 0 Å². The van der Waals surface area contributed by atoms with Gasteiger partial charge in [-0.3, -0.25) is 48.3 Å². The molecule has 4 N–H and O–H groups in total. The number of ether oxygens (including phenoxy) is 4. The van der Waals surface area contributed by atoms with Gasteiger partial charge in [-0.05, 0) is 303 Å². The Morgan fingerprint density at radius 3 is 0.946 bits per heavy atom. The minimum Gasteiger partial charge on any atom is -0.390 e. The monoisotopic (exact) mass is 2010 g/mol. The van der Waals surface area contributed by atoms with Crippen LogP contribution in [0.1, 0.15) is 299 Å². The van der Waals surface area contributed by atoms with E-state index in [0.29, 0.717) is 158 Å². The number of carbonyl (C=O) groups is 8. The highest BCUT2D eigenvalue weighted by molar-refractivity contribution is 9.93. The van der Waals surface area contributed by atoms with Gasteiger partial charge in [0.1, 0.15) is 54.5 Å². The van der Waals surface area contributed by atoms with E-state index in [9.17, 15) is 58.8 Å². The molecule has 734 valence electrons. The van der Waals surface area contributed by atoms with Crippen molar-refractivity contribution in [1.82, 2.24) is 30.0 Å². The lowest BCUT2D eigenvalue weighted by atomic mass is 9.44. The van der Waals surface area contributed by atoms with Gasteiger partial charge in [0.05, 0.1) is 72.8 Å². The smallest absolute Gasteiger partial charge is 0.159 e. The molecule has 0 aromatic carbocycles. The molecule has 19 rings (SSSR count). The van der Waals surface area contributed by atoms with E-state index in [4.69, 9.17) is 18.9 Å². The van der Waals surface area contributed by atoms with Crippen LogP contribution in [-0.2, 0) is 70.4 Å². The van der Waals surface area contributed by atoms with Gasteiger partial charge < -0.3 is 39.4 Å². The van der Waals surface area contributed by atoms with Crippen LogP contribution in [0.15, 0.2) is 34.8 Å². The first-order chi connectivity index (χ1) is 60.0. The third-order valence-electron chi connectivity index (χ3n) is 38.7. The molecule has 16 saturated carbocycles. The topological polar surface area (TPSA) is 341 Å². The number of Topliss-reactive ketones (excluding diaryl/α,β-unsaturated/α-hetero) is 8. The Morgan fingerprint density at radius 1 is 0.400 bits per heavy atom. The highest BCUT2D eigenvalue weighted by Crippen LogP contribution is 2.72. The van der Waals surface area contributed by atoms with Crippen molar-refractivity contribution in [3.8, 4) is 0 Å². The molecule has 0 unspecified atom stereocenters. The Labute approximate surface area is 801 Å². The number of carbonyl (C=O) groups excluding carboxylic acids is 8. The quantitative estimate of drug-likeness (QED) is 0.107. The summed E-state index contributed by atoms with van der Waals surface area (Å²) in [6, 6.07) is 0. The number of hydrogen-bond acceptors (Lipinski definition) is 22. The molecular weight excluding hydrogens is 1840 g/mol. The van der Waals surface area contributed by atoms with Gasteiger partial charge in [0, 0.05) is 146 Å². The summed E-state index contributed by atoms with van der Waals surface area (Å²) >= 11 is 8.86. The fourth-order valence-corrected chi connectivity index (χ4v) is 34.0. The summed E-state index contributed by atoms with van der Waals surface area (Å²) in [6.45, 7) is 31.0. The van der Waals surface area contributed by atoms with E-state index in [-0.39, 0.29) is 181 Å². The summed E-state index contributed by atoms with van der Waals surface area (Å²) in [4.78, 5) is 115. The average molecular weight is 2010 g/mol. The summed E-state index contributed by atoms with van der Waals surface area (Å²) in [5.74, 6) is 7.18. The van der Waals surface area contributed by atoms with Crippen molar-refractivity contribution in [3.05, 3.63) is 24.8 Å². The lowest BCUT2D eigenvalue weighted by Crippen LogP contribution is -2.60. The van der Waals surface area contributed by atoms with Crippen LogP contribution in [0.25, 0.3) is 0 Å². The van der Waals surface area contributed by atoms with Gasteiger partial charge in [0.15, 0.2) is 11.6 Å². The SMILES string of the molecule is BrBr.C.C.C.C.C1=NCN=C1.CCO[C@H]1C[C@@]2(C)[C@@H](CC[C@H]3[C@@H]4CC[C@H](C(=O)CBr)[C@@]4(C)CC(=O)[C@@H]32)C[C@@H]1O.CCO[C@H]1C[C@@]2(C)[C@@H](CC[C@H]3[C@@H]4CC[C@H](C(=O)Cn5ccnn5)[C@@]4(C)CC(=O)[C@@H]32)C[C@@H]1O.CCO[C@H]1C[C@@]2(C)[C@@H](CC[C@H]3[C@@H]4CC[C@H](C(=O)Cn5nccn5)[C@@]4(C)CC(=O)[C@@H]32)C[C@@H]1O.CCO[C@H]1C[C@@]2(C)[C@@H](CC[C@H]3[C@@H]4CC[C@H](C(C)=O)[C@@]4(C)CC(=O)[C@@H]32)C[C@@H]1O. The lowest BCUT2D eigenvalue weighted by molar-refractivity contribution is -0.180. The van der Waals surface area contributed by atoms with Crippen LogP contribution in [0, 0.1) is 162 Å². The predicted octanol–water partition coefficient (Wildman–Crippen LogP) is 18.4. The zero-order chi connectivity index (χ0) is 90.7. The van der Waals surface area contributed by atoms with Crippen LogP contribution in [0.5, 0.6) is 0 Å². The second-order valence-corrected chi connectivity index (χ2v) is 44.9. The molecule has 16 aliphatic carbocycles. The van der Waals surface area contributed by atoms with Crippen molar-refractivity contribution in [2.75, 3.05) is 38.4 Å². The van der Waals surface area contributed by atoms with Crippen molar-refractivity contribution in [3.63, 3.8) is 0 Å². The van der Waals surface area contributed by atoms with Crippen LogP contribution < -0.4 is 0 Å². The number of aromatic nitrogens is 6. The number of fused-ring (bicyclic) bond motifs is 20. The number of rotatable bonds is 17. The summed E-state index contributed by atoms with van der Waals surface area (Å²) < 4.78 is 25.2. The summed E-state index contributed by atoms with van der Waals surface area (Å²) in [5.41, 5.74) is -1.23. The fourth-order valence-electron chi connectivity index (χ4n) is 33.6. The first-order valence-electron chi connectivity index (χ1n) is 48.8. The van der Waals surface area contributed by atoms with Gasteiger partial charge in [-0.1, -0.05) is 106 Å². The number of nitrogens with zero attached hydrogens (tertiary/aromatic N) is 8. The first-order valence-corrected chi connectivity index (χ1v) is 53.6. The maximum atomic E-state index is 13.8. The second kappa shape index (κ2) is 43.6. The molecule has 0 saturated heterocycles. The van der Waals surface area contributed by atoms with Crippen molar-refractivity contribution in [1.29, 1.82) is 0 Å². The van der Waals surface area contributed by atoms with E-state index < -0.39 is 24.4 Å². The molecule has 24 nitrogen and oxygen atoms in total. The van der Waals surface area contributed by atoms with E-state index in [2.05, 4.69) is 130 Å². The summed E-state index contributed by atoms with van der Waals surface area (Å²) in [7, 11) is 0. The molecule has 0 bridgehead atoms. The number of aliphatic hydroxyl groups excluding tert-OH is 4. The molecule has 0 radical (unpaired) electrons. The Kier molecular flexibility index (Phi) is 36.3. The molecule has 3 heterocycles. The number of aliphatic imine (C=N–C) groups is 2. The Morgan fingerprint density at radius 2 is 0.685 bits per heavy atom. The minimum absolute atomic E-state index is 0. The molecule has 16 fully saturated rings. The fraction of sp³-hybridized carbons (Fsp3) is 0.864. The molecule has 130 heavy (non-hydrogen) atoms. The first kappa shape index (κ1) is 108. The van der Waals surface area contributed by atoms with E-state index in [1.165, 1.54) is 4.80 Å². The number of alkyl halides is 1. The summed E-state index contributed by atoms with van der Waals surface area (Å²) in [6.07, 6.45) is 32.1. The predicted molar refractivity (Wildman–Crippen MR) is 516 cm³/mol. The minimum atomic E-state index is -0.432. The van der Waals surface area contributed by atoms with Crippen LogP contribution >= 0.6 is 44.2 Å². The lowest BCUT2D eigenvalue weighted by Gasteiger charge is -2.60. The van der Waals surface area contributed by atoms with Crippen molar-refractivity contribution in [2.45, 2.75) is 361 Å². The van der Waals surface area contributed by atoms with Gasteiger partial charge in [-0.25, -0.2) is 4.68 Å².